The topological polar surface area (TPSA) is 70.6 Å². The van der Waals surface area contributed by atoms with Crippen molar-refractivity contribution in [2.24, 2.45) is 0 Å². The maximum atomic E-state index is 8.94. The summed E-state index contributed by atoms with van der Waals surface area (Å²) in [5.41, 5.74) is 1.77. The molecule has 3 aromatic rings. The number of nitriles is 1. The molecule has 1 aliphatic heterocycles. The number of piperidine rings is 1. The third-order valence-electron chi connectivity index (χ3n) is 4.81. The standard InChI is InChI=1S/C20H20N6/c21-11-16-5-6-19(24-13-16)25-9-2-4-18(15-25)20-23-8-10-26(20)14-17-3-1-7-22-12-17/h1,3,5-8,10,12-13,18H,2,4,9,14-15H2/t18-/m0/s1. The molecule has 0 N–H and O–H groups in total. The van der Waals surface area contributed by atoms with Crippen LogP contribution >= 0.6 is 0 Å². The fraction of sp³-hybridized carbons (Fsp3) is 0.300. The predicted octanol–water partition coefficient (Wildman–Crippen LogP) is 2.98. The lowest BCUT2D eigenvalue weighted by Gasteiger charge is -2.33. The van der Waals surface area contributed by atoms with Crippen molar-refractivity contribution >= 4 is 5.82 Å². The van der Waals surface area contributed by atoms with Crippen LogP contribution in [0, 0.1) is 11.3 Å². The molecule has 4 rings (SSSR count). The smallest absolute Gasteiger partial charge is 0.128 e. The van der Waals surface area contributed by atoms with Crippen LogP contribution in [-0.4, -0.2) is 32.6 Å². The molecule has 0 radical (unpaired) electrons. The first-order chi connectivity index (χ1) is 12.8. The van der Waals surface area contributed by atoms with Crippen LogP contribution < -0.4 is 4.90 Å². The monoisotopic (exact) mass is 344 g/mol. The van der Waals surface area contributed by atoms with E-state index in [1.165, 1.54) is 5.56 Å². The van der Waals surface area contributed by atoms with Crippen LogP contribution in [0.3, 0.4) is 0 Å². The second-order valence-electron chi connectivity index (χ2n) is 6.58. The Bertz CT molecular complexity index is 894. The third-order valence-corrected chi connectivity index (χ3v) is 4.81. The van der Waals surface area contributed by atoms with E-state index in [0.29, 0.717) is 11.5 Å². The molecule has 1 aliphatic rings. The molecule has 1 saturated heterocycles. The molecule has 1 atom stereocenters. The summed E-state index contributed by atoms with van der Waals surface area (Å²) in [6.45, 7) is 2.66. The summed E-state index contributed by atoms with van der Waals surface area (Å²) >= 11 is 0. The minimum atomic E-state index is 0.368. The van der Waals surface area contributed by atoms with Gasteiger partial charge in [-0.05, 0) is 36.6 Å². The maximum absolute atomic E-state index is 8.94. The molecule has 0 amide bonds. The van der Waals surface area contributed by atoms with Crippen molar-refractivity contribution in [2.75, 3.05) is 18.0 Å². The molecule has 4 heterocycles. The van der Waals surface area contributed by atoms with E-state index in [9.17, 15) is 0 Å². The van der Waals surface area contributed by atoms with E-state index < -0.39 is 0 Å². The van der Waals surface area contributed by atoms with E-state index in [2.05, 4.69) is 36.6 Å². The Kier molecular flexibility index (Phi) is 4.61. The Morgan fingerprint density at radius 1 is 1.15 bits per heavy atom. The molecule has 6 heteroatoms. The highest BCUT2D eigenvalue weighted by atomic mass is 15.2. The van der Waals surface area contributed by atoms with E-state index in [4.69, 9.17) is 5.26 Å². The van der Waals surface area contributed by atoms with Crippen LogP contribution in [-0.2, 0) is 6.54 Å². The van der Waals surface area contributed by atoms with Crippen LogP contribution in [0.5, 0.6) is 0 Å². The van der Waals surface area contributed by atoms with Crippen LogP contribution in [0.25, 0.3) is 0 Å². The lowest BCUT2D eigenvalue weighted by atomic mass is 9.97. The summed E-state index contributed by atoms with van der Waals surface area (Å²) in [7, 11) is 0. The van der Waals surface area contributed by atoms with Crippen molar-refractivity contribution in [1.29, 1.82) is 5.26 Å². The summed E-state index contributed by atoms with van der Waals surface area (Å²) in [6.07, 6.45) is 11.5. The molecule has 0 spiro atoms. The van der Waals surface area contributed by atoms with Crippen molar-refractivity contribution in [3.8, 4) is 6.07 Å². The highest BCUT2D eigenvalue weighted by Gasteiger charge is 2.25. The average molecular weight is 344 g/mol. The first-order valence-corrected chi connectivity index (χ1v) is 8.84. The summed E-state index contributed by atoms with van der Waals surface area (Å²) in [6, 6.07) is 9.93. The average Bonchev–Trinajstić information content (AvgIpc) is 3.17. The van der Waals surface area contributed by atoms with Gasteiger partial charge in [-0.3, -0.25) is 4.98 Å². The molecular weight excluding hydrogens is 324 g/mol. The lowest BCUT2D eigenvalue weighted by molar-refractivity contribution is 0.474. The van der Waals surface area contributed by atoms with Crippen molar-refractivity contribution in [2.45, 2.75) is 25.3 Å². The Hall–Kier alpha value is -3.20. The van der Waals surface area contributed by atoms with Gasteiger partial charge in [0.15, 0.2) is 0 Å². The van der Waals surface area contributed by atoms with Crippen molar-refractivity contribution < 1.29 is 0 Å². The van der Waals surface area contributed by atoms with Gasteiger partial charge in [0, 0.05) is 50.0 Å². The van der Waals surface area contributed by atoms with E-state index in [0.717, 1.165) is 44.1 Å². The van der Waals surface area contributed by atoms with Gasteiger partial charge in [0.05, 0.1) is 12.1 Å². The molecule has 3 aromatic heterocycles. The van der Waals surface area contributed by atoms with Crippen molar-refractivity contribution in [1.82, 2.24) is 19.5 Å². The number of rotatable bonds is 4. The Morgan fingerprint density at radius 2 is 2.12 bits per heavy atom. The summed E-state index contributed by atoms with van der Waals surface area (Å²) in [4.78, 5) is 15.6. The molecule has 26 heavy (non-hydrogen) atoms. The van der Waals surface area contributed by atoms with Gasteiger partial charge in [0.25, 0.3) is 0 Å². The van der Waals surface area contributed by atoms with Gasteiger partial charge < -0.3 is 9.47 Å². The van der Waals surface area contributed by atoms with Gasteiger partial charge in [-0.25, -0.2) is 9.97 Å². The number of nitrogens with zero attached hydrogens (tertiary/aromatic N) is 6. The normalized spacial score (nSPS) is 17.0. The van der Waals surface area contributed by atoms with E-state index in [1.54, 1.807) is 12.4 Å². The molecule has 0 aliphatic carbocycles. The molecule has 0 bridgehead atoms. The third kappa shape index (κ3) is 3.42. The Balaban J connectivity index is 1.51. The lowest BCUT2D eigenvalue weighted by Crippen LogP contribution is -2.36. The number of aromatic nitrogens is 4. The molecule has 130 valence electrons. The highest BCUT2D eigenvalue weighted by molar-refractivity contribution is 5.42. The first kappa shape index (κ1) is 16.3. The molecule has 0 saturated carbocycles. The van der Waals surface area contributed by atoms with Crippen LogP contribution in [0.15, 0.2) is 55.2 Å². The quantitative estimate of drug-likeness (QED) is 0.728. The Labute approximate surface area is 152 Å². The van der Waals surface area contributed by atoms with E-state index in [-0.39, 0.29) is 0 Å². The number of hydrogen-bond acceptors (Lipinski definition) is 5. The van der Waals surface area contributed by atoms with Crippen molar-refractivity contribution in [3.05, 3.63) is 72.2 Å². The zero-order valence-electron chi connectivity index (χ0n) is 14.5. The minimum absolute atomic E-state index is 0.368. The molecule has 6 nitrogen and oxygen atoms in total. The van der Waals surface area contributed by atoms with Crippen LogP contribution in [0.1, 0.15) is 35.7 Å². The fourth-order valence-corrected chi connectivity index (χ4v) is 3.54. The van der Waals surface area contributed by atoms with Gasteiger partial charge in [0.1, 0.15) is 17.7 Å². The summed E-state index contributed by atoms with van der Waals surface area (Å²) in [5, 5.41) is 8.94. The number of anilines is 1. The Morgan fingerprint density at radius 3 is 2.88 bits per heavy atom. The van der Waals surface area contributed by atoms with Gasteiger partial charge in [-0.15, -0.1) is 0 Å². The highest BCUT2D eigenvalue weighted by Crippen LogP contribution is 2.28. The molecule has 0 unspecified atom stereocenters. The fourth-order valence-electron chi connectivity index (χ4n) is 3.54. The second kappa shape index (κ2) is 7.36. The van der Waals surface area contributed by atoms with Gasteiger partial charge in [0.2, 0.25) is 0 Å². The SMILES string of the molecule is N#Cc1ccc(N2CCC[C@H](c3nccn3Cc3cccnc3)C2)nc1. The second-order valence-corrected chi connectivity index (χ2v) is 6.58. The largest absolute Gasteiger partial charge is 0.356 e. The van der Waals surface area contributed by atoms with Crippen LogP contribution in [0.4, 0.5) is 5.82 Å². The van der Waals surface area contributed by atoms with E-state index >= 15 is 0 Å². The van der Waals surface area contributed by atoms with Crippen LogP contribution in [0.2, 0.25) is 0 Å². The van der Waals surface area contributed by atoms with Crippen molar-refractivity contribution in [3.63, 3.8) is 0 Å². The molecule has 1 fully saturated rings. The predicted molar refractivity (Wildman–Crippen MR) is 98.7 cm³/mol. The summed E-state index contributed by atoms with van der Waals surface area (Å²) < 4.78 is 2.22. The number of hydrogen-bond donors (Lipinski definition) is 0. The zero-order chi connectivity index (χ0) is 17.8. The number of pyridine rings is 2. The van der Waals surface area contributed by atoms with E-state index in [1.807, 2.05) is 36.8 Å². The first-order valence-electron chi connectivity index (χ1n) is 8.84. The van der Waals surface area contributed by atoms with Gasteiger partial charge >= 0.3 is 0 Å². The summed E-state index contributed by atoms with van der Waals surface area (Å²) in [5.74, 6) is 2.42. The molecular formula is C20H20N6. The number of imidazole rings is 1. The van der Waals surface area contributed by atoms with Gasteiger partial charge in [-0.1, -0.05) is 6.07 Å². The van der Waals surface area contributed by atoms with Gasteiger partial charge in [-0.2, -0.15) is 5.26 Å². The maximum Gasteiger partial charge on any atom is 0.128 e. The molecule has 0 aromatic carbocycles. The minimum Gasteiger partial charge on any atom is -0.356 e. The zero-order valence-corrected chi connectivity index (χ0v) is 14.5.